The molecule has 0 radical (unpaired) electrons. The van der Waals surface area contributed by atoms with Gasteiger partial charge in [0, 0.05) is 3.57 Å². The summed E-state index contributed by atoms with van der Waals surface area (Å²) in [5.41, 5.74) is 0.211. The maximum atomic E-state index is 11.4. The van der Waals surface area contributed by atoms with Gasteiger partial charge in [-0.15, -0.1) is 0 Å². The van der Waals surface area contributed by atoms with E-state index in [0.29, 0.717) is 3.57 Å². The van der Waals surface area contributed by atoms with Gasteiger partial charge in [0.25, 0.3) is 0 Å². The number of rotatable bonds is 2. The number of esters is 2. The van der Waals surface area contributed by atoms with Gasteiger partial charge in [-0.2, -0.15) is 0 Å². The van der Waals surface area contributed by atoms with E-state index in [2.05, 4.69) is 14.5 Å². The van der Waals surface area contributed by atoms with Crippen LogP contribution in [-0.2, 0) is 9.47 Å². The molecule has 7 heteroatoms. The van der Waals surface area contributed by atoms with E-state index in [1.165, 1.54) is 14.2 Å². The summed E-state index contributed by atoms with van der Waals surface area (Å²) in [6.45, 7) is 0. The second-order valence-electron chi connectivity index (χ2n) is 2.64. The molecule has 1 heterocycles. The molecule has 1 rings (SSSR count). The van der Waals surface area contributed by atoms with Crippen molar-refractivity contribution in [1.82, 2.24) is 4.98 Å². The van der Waals surface area contributed by atoms with E-state index in [0.717, 1.165) is 3.57 Å². The van der Waals surface area contributed by atoms with Crippen LogP contribution in [0.25, 0.3) is 0 Å². The van der Waals surface area contributed by atoms with Crippen LogP contribution in [0.15, 0.2) is 6.07 Å². The van der Waals surface area contributed by atoms with E-state index in [-0.39, 0.29) is 11.4 Å². The summed E-state index contributed by atoms with van der Waals surface area (Å²) < 4.78 is 10.5. The van der Waals surface area contributed by atoms with Crippen LogP contribution >= 0.6 is 45.2 Å². The van der Waals surface area contributed by atoms with Gasteiger partial charge in [-0.1, -0.05) is 0 Å². The minimum absolute atomic E-state index is 0.0905. The fourth-order valence-electron chi connectivity index (χ4n) is 0.939. The Hall–Kier alpha value is -0.450. The van der Waals surface area contributed by atoms with E-state index < -0.39 is 11.9 Å². The summed E-state index contributed by atoms with van der Waals surface area (Å²) in [5.74, 6) is -1.16. The average molecular weight is 447 g/mol. The molecule has 0 aliphatic carbocycles. The number of aromatic nitrogens is 1. The third-order valence-corrected chi connectivity index (χ3v) is 4.66. The van der Waals surface area contributed by atoms with E-state index in [1.54, 1.807) is 6.07 Å². The quantitative estimate of drug-likeness (QED) is 0.512. The van der Waals surface area contributed by atoms with Gasteiger partial charge >= 0.3 is 11.9 Å². The van der Waals surface area contributed by atoms with Gasteiger partial charge in [-0.05, 0) is 51.2 Å². The van der Waals surface area contributed by atoms with Crippen molar-refractivity contribution >= 4 is 57.1 Å². The summed E-state index contributed by atoms with van der Waals surface area (Å²) in [6, 6.07) is 1.56. The van der Waals surface area contributed by atoms with Crippen LogP contribution in [0.1, 0.15) is 21.0 Å². The molecule has 0 saturated heterocycles. The van der Waals surface area contributed by atoms with Crippen molar-refractivity contribution in [2.75, 3.05) is 14.2 Å². The van der Waals surface area contributed by atoms with Gasteiger partial charge in [0.1, 0.15) is 5.69 Å². The Morgan fingerprint density at radius 1 is 1.19 bits per heavy atom. The molecule has 0 bridgehead atoms. The standard InChI is InChI=1S/C9H7I2NO4/c1-15-8(13)5-3-4(10)6(11)7(12-5)9(14)16-2/h3H,1-2H3. The highest BCUT2D eigenvalue weighted by molar-refractivity contribution is 14.1. The summed E-state index contributed by atoms with van der Waals surface area (Å²) in [5, 5.41) is 0. The third kappa shape index (κ3) is 2.81. The lowest BCUT2D eigenvalue weighted by atomic mass is 10.3. The number of halogens is 2. The molecule has 0 aliphatic heterocycles. The summed E-state index contributed by atoms with van der Waals surface area (Å²) in [6.07, 6.45) is 0. The van der Waals surface area contributed by atoms with E-state index in [4.69, 9.17) is 0 Å². The van der Waals surface area contributed by atoms with Gasteiger partial charge in [0.05, 0.1) is 17.8 Å². The molecule has 0 saturated carbocycles. The fraction of sp³-hybridized carbons (Fsp3) is 0.222. The van der Waals surface area contributed by atoms with Crippen LogP contribution in [0.4, 0.5) is 0 Å². The zero-order chi connectivity index (χ0) is 12.3. The average Bonchev–Trinajstić information content (AvgIpc) is 2.30. The van der Waals surface area contributed by atoms with E-state index in [1.807, 2.05) is 45.2 Å². The normalized spacial score (nSPS) is 9.75. The predicted molar refractivity (Wildman–Crippen MR) is 72.4 cm³/mol. The molecule has 0 atom stereocenters. The van der Waals surface area contributed by atoms with Crippen LogP contribution in [0.3, 0.4) is 0 Å². The van der Waals surface area contributed by atoms with Crippen molar-refractivity contribution < 1.29 is 19.1 Å². The van der Waals surface area contributed by atoms with Gasteiger partial charge in [-0.3, -0.25) is 0 Å². The number of carbonyl (C=O) groups excluding carboxylic acids is 2. The Kier molecular flexibility index (Phi) is 4.89. The molecule has 0 spiro atoms. The first-order chi connectivity index (χ1) is 7.51. The molecule has 5 nitrogen and oxygen atoms in total. The first-order valence-corrected chi connectivity index (χ1v) is 6.19. The van der Waals surface area contributed by atoms with Gasteiger partial charge in [0.15, 0.2) is 5.69 Å². The lowest BCUT2D eigenvalue weighted by Gasteiger charge is -2.06. The predicted octanol–water partition coefficient (Wildman–Crippen LogP) is 1.86. The molecule has 16 heavy (non-hydrogen) atoms. The number of methoxy groups -OCH3 is 2. The highest BCUT2D eigenvalue weighted by atomic mass is 127. The topological polar surface area (TPSA) is 65.5 Å². The number of pyridine rings is 1. The van der Waals surface area contributed by atoms with E-state index in [9.17, 15) is 9.59 Å². The fourth-order valence-corrected chi connectivity index (χ4v) is 1.99. The molecule has 0 N–H and O–H groups in total. The van der Waals surface area contributed by atoms with Crippen LogP contribution in [-0.4, -0.2) is 31.1 Å². The molecule has 0 amide bonds. The highest BCUT2D eigenvalue weighted by Gasteiger charge is 2.19. The van der Waals surface area contributed by atoms with Crippen molar-refractivity contribution in [2.24, 2.45) is 0 Å². The van der Waals surface area contributed by atoms with Crippen LogP contribution in [0, 0.1) is 7.14 Å². The van der Waals surface area contributed by atoms with Crippen molar-refractivity contribution in [1.29, 1.82) is 0 Å². The Labute approximate surface area is 119 Å². The van der Waals surface area contributed by atoms with Crippen molar-refractivity contribution in [3.05, 3.63) is 24.6 Å². The van der Waals surface area contributed by atoms with Gasteiger partial charge in [0.2, 0.25) is 0 Å². The smallest absolute Gasteiger partial charge is 0.357 e. The molecule has 0 unspecified atom stereocenters. The van der Waals surface area contributed by atoms with Crippen LogP contribution in [0.5, 0.6) is 0 Å². The molecular formula is C9H7I2NO4. The summed E-state index contributed by atoms with van der Waals surface area (Å²) >= 11 is 3.98. The Bertz CT molecular complexity index is 447. The molecular weight excluding hydrogens is 440 g/mol. The highest BCUT2D eigenvalue weighted by Crippen LogP contribution is 2.20. The molecule has 0 aromatic carbocycles. The third-order valence-electron chi connectivity index (χ3n) is 1.69. The number of nitrogens with zero attached hydrogens (tertiary/aromatic N) is 1. The maximum Gasteiger partial charge on any atom is 0.357 e. The van der Waals surface area contributed by atoms with Gasteiger partial charge < -0.3 is 9.47 Å². The second-order valence-corrected chi connectivity index (χ2v) is 4.88. The van der Waals surface area contributed by atoms with Crippen molar-refractivity contribution in [3.8, 4) is 0 Å². The lowest BCUT2D eigenvalue weighted by molar-refractivity contribution is 0.0584. The van der Waals surface area contributed by atoms with Crippen LogP contribution < -0.4 is 0 Å². The minimum Gasteiger partial charge on any atom is -0.464 e. The number of ether oxygens (including phenoxy) is 2. The largest absolute Gasteiger partial charge is 0.464 e. The zero-order valence-electron chi connectivity index (χ0n) is 8.41. The lowest BCUT2D eigenvalue weighted by Crippen LogP contribution is -2.13. The molecule has 0 fully saturated rings. The van der Waals surface area contributed by atoms with Crippen LogP contribution in [0.2, 0.25) is 0 Å². The Morgan fingerprint density at radius 2 is 1.75 bits per heavy atom. The molecule has 0 aliphatic rings. The van der Waals surface area contributed by atoms with E-state index >= 15 is 0 Å². The van der Waals surface area contributed by atoms with Gasteiger partial charge in [-0.25, -0.2) is 14.6 Å². The summed E-state index contributed by atoms with van der Waals surface area (Å²) in [7, 11) is 2.52. The minimum atomic E-state index is -0.584. The zero-order valence-corrected chi connectivity index (χ0v) is 12.7. The Morgan fingerprint density at radius 3 is 2.25 bits per heavy atom. The first kappa shape index (κ1) is 13.6. The first-order valence-electron chi connectivity index (χ1n) is 4.04. The Balaban J connectivity index is 3.33. The second kappa shape index (κ2) is 5.75. The molecule has 86 valence electrons. The monoisotopic (exact) mass is 447 g/mol. The number of hydrogen-bond acceptors (Lipinski definition) is 5. The van der Waals surface area contributed by atoms with Crippen molar-refractivity contribution in [3.63, 3.8) is 0 Å². The number of carbonyl (C=O) groups is 2. The van der Waals surface area contributed by atoms with Crippen molar-refractivity contribution in [2.45, 2.75) is 0 Å². The maximum absolute atomic E-state index is 11.4. The number of hydrogen-bond donors (Lipinski definition) is 0. The summed E-state index contributed by atoms with van der Waals surface area (Å²) in [4.78, 5) is 26.6. The molecule has 1 aromatic rings. The SMILES string of the molecule is COC(=O)c1cc(I)c(I)c(C(=O)OC)n1. The molecule has 1 aromatic heterocycles.